The van der Waals surface area contributed by atoms with Crippen LogP contribution in [0.3, 0.4) is 0 Å². The van der Waals surface area contributed by atoms with Crippen LogP contribution in [0.5, 0.6) is 0 Å². The van der Waals surface area contributed by atoms with Crippen LogP contribution in [0.25, 0.3) is 11.1 Å². The summed E-state index contributed by atoms with van der Waals surface area (Å²) in [6.07, 6.45) is 0.773. The molecule has 0 aliphatic carbocycles. The second-order valence-corrected chi connectivity index (χ2v) is 22.2. The number of benzene rings is 5. The third kappa shape index (κ3) is 14.1. The highest BCUT2D eigenvalue weighted by Gasteiger charge is 2.48. The highest BCUT2D eigenvalue weighted by atomic mass is 35.5. The number of alkyl halides is 3. The number of rotatable bonds is 20. The third-order valence-corrected chi connectivity index (χ3v) is 15.9. The van der Waals surface area contributed by atoms with Crippen LogP contribution in [0.2, 0.25) is 5.02 Å². The lowest BCUT2D eigenvalue weighted by molar-refractivity contribution is -0.0436. The Morgan fingerprint density at radius 3 is 2.19 bits per heavy atom. The summed E-state index contributed by atoms with van der Waals surface area (Å²) in [7, 11) is -14.2. The van der Waals surface area contributed by atoms with Gasteiger partial charge in [-0.15, -0.1) is 11.8 Å². The van der Waals surface area contributed by atoms with Crippen molar-refractivity contribution in [3.63, 3.8) is 0 Å². The van der Waals surface area contributed by atoms with Crippen molar-refractivity contribution < 1.29 is 58.8 Å². The third-order valence-electron chi connectivity index (χ3n) is 11.1. The SMILES string of the molecule is CN(CCOP(=O)(O)O)CCC(CSc1ccccc1)Nc1ccc(S(=O)(=O)NC(=O)c2ccc(N3CCC([C@@H](O)c4ccccc4-c4ccc(Cl)cc4)CC3)cc2)cc1S(=O)(=O)C(F)(F)F. The van der Waals surface area contributed by atoms with Gasteiger partial charge in [0.2, 0.25) is 0 Å². The van der Waals surface area contributed by atoms with E-state index in [4.69, 9.17) is 21.4 Å². The number of halogens is 4. The normalized spacial score (nSPS) is 15.0. The molecule has 1 unspecified atom stereocenters. The predicted octanol–water partition coefficient (Wildman–Crippen LogP) is 8.37. The molecular formula is C45H49ClF3N4O10PS3. The molecule has 1 fully saturated rings. The van der Waals surface area contributed by atoms with Gasteiger partial charge in [-0.2, -0.15) is 13.2 Å². The van der Waals surface area contributed by atoms with Crippen LogP contribution in [-0.2, 0) is 28.9 Å². The summed E-state index contributed by atoms with van der Waals surface area (Å²) >= 11 is 7.41. The Hall–Kier alpha value is -4.47. The summed E-state index contributed by atoms with van der Waals surface area (Å²) < 4.78 is 113. The summed E-state index contributed by atoms with van der Waals surface area (Å²) in [5.41, 5.74) is -3.06. The molecule has 0 spiro atoms. The first-order valence-corrected chi connectivity index (χ1v) is 26.7. The molecule has 1 saturated heterocycles. The van der Waals surface area contributed by atoms with E-state index in [2.05, 4.69) is 14.7 Å². The average molecular weight is 1030 g/mol. The standard InChI is InChI=1S/C45H49ClF3N4O10PS3/c1-52(27-28-63-64(56,57)58)24-23-35(30-65-37-7-3-2-4-8-37)50-41-20-19-38(29-42(41)66(59,60)45(47,48)49)67(61,62)51-44(55)33-13-17-36(18-14-33)53-25-21-32(22-26-53)43(54)40-10-6-5-9-39(40)31-11-15-34(46)16-12-31/h2-20,29,32,35,43,50,54H,21-28,30H2,1H3,(H,51,55)(H2,56,57,58)/t35?,43-/m1/s1. The zero-order valence-corrected chi connectivity index (χ0v) is 40.0. The minimum absolute atomic E-state index is 0.0407. The zero-order valence-electron chi connectivity index (χ0n) is 35.9. The van der Waals surface area contributed by atoms with Gasteiger partial charge in [-0.25, -0.2) is 26.1 Å². The van der Waals surface area contributed by atoms with Crippen molar-refractivity contribution in [1.82, 2.24) is 9.62 Å². The average Bonchev–Trinajstić information content (AvgIpc) is 3.29. The van der Waals surface area contributed by atoms with Crippen molar-refractivity contribution in [3.05, 3.63) is 137 Å². The quantitative estimate of drug-likeness (QED) is 0.0368. The van der Waals surface area contributed by atoms with Crippen LogP contribution < -0.4 is 14.9 Å². The van der Waals surface area contributed by atoms with E-state index in [0.717, 1.165) is 39.4 Å². The number of hydrogen-bond acceptors (Lipinski definition) is 12. The van der Waals surface area contributed by atoms with E-state index in [0.29, 0.717) is 37.0 Å². The molecule has 5 N–H and O–H groups in total. The molecule has 67 heavy (non-hydrogen) atoms. The van der Waals surface area contributed by atoms with Gasteiger partial charge in [0.15, 0.2) is 0 Å². The van der Waals surface area contributed by atoms with Gasteiger partial charge in [0, 0.05) is 52.6 Å². The molecule has 360 valence electrons. The molecule has 5 aromatic rings. The molecule has 2 atom stereocenters. The number of sulfonamides is 1. The van der Waals surface area contributed by atoms with Gasteiger partial charge in [-0.1, -0.05) is 66.2 Å². The second-order valence-electron chi connectivity index (χ2n) is 15.8. The summed E-state index contributed by atoms with van der Waals surface area (Å²) in [6, 6.07) is 31.5. The Labute approximate surface area is 396 Å². The second kappa shape index (κ2) is 22.3. The summed E-state index contributed by atoms with van der Waals surface area (Å²) in [5, 5.41) is 15.0. The molecule has 0 bridgehead atoms. The van der Waals surface area contributed by atoms with E-state index in [1.807, 2.05) is 41.1 Å². The predicted molar refractivity (Wildman–Crippen MR) is 252 cm³/mol. The first kappa shape index (κ1) is 51.9. The zero-order chi connectivity index (χ0) is 48.6. The van der Waals surface area contributed by atoms with Crippen LogP contribution in [-0.4, -0.2) is 99.7 Å². The van der Waals surface area contributed by atoms with E-state index in [9.17, 15) is 44.5 Å². The van der Waals surface area contributed by atoms with E-state index >= 15 is 0 Å². The molecule has 1 aliphatic rings. The lowest BCUT2D eigenvalue weighted by Gasteiger charge is -2.36. The maximum atomic E-state index is 14.2. The van der Waals surface area contributed by atoms with Crippen LogP contribution in [0.15, 0.2) is 136 Å². The number of nitrogens with one attached hydrogen (secondary N) is 2. The van der Waals surface area contributed by atoms with Gasteiger partial charge in [0.05, 0.1) is 23.3 Å². The van der Waals surface area contributed by atoms with E-state index in [-0.39, 0.29) is 43.4 Å². The van der Waals surface area contributed by atoms with Gasteiger partial charge in [0.1, 0.15) is 4.90 Å². The smallest absolute Gasteiger partial charge is 0.388 e. The number of nitrogens with zero attached hydrogens (tertiary/aromatic N) is 2. The van der Waals surface area contributed by atoms with Crippen LogP contribution in [0.4, 0.5) is 24.5 Å². The van der Waals surface area contributed by atoms with Crippen molar-refractivity contribution in [3.8, 4) is 11.1 Å². The number of piperidine rings is 1. The molecule has 1 amide bonds. The fraction of sp³-hybridized carbons (Fsp3) is 0.311. The Kier molecular flexibility index (Phi) is 17.3. The number of carbonyl (C=O) groups is 1. The lowest BCUT2D eigenvalue weighted by Crippen LogP contribution is -2.36. The first-order valence-electron chi connectivity index (χ1n) is 20.8. The number of phosphoric acid groups is 1. The Bertz CT molecular complexity index is 2750. The van der Waals surface area contributed by atoms with Crippen molar-refractivity contribution in [2.45, 2.75) is 51.6 Å². The van der Waals surface area contributed by atoms with Crippen LogP contribution in [0, 0.1) is 5.92 Å². The van der Waals surface area contributed by atoms with Crippen LogP contribution in [0.1, 0.15) is 41.3 Å². The highest BCUT2D eigenvalue weighted by molar-refractivity contribution is 7.99. The van der Waals surface area contributed by atoms with E-state index < -0.39 is 66.7 Å². The molecule has 14 nitrogen and oxygen atoms in total. The highest BCUT2D eigenvalue weighted by Crippen LogP contribution is 2.39. The Morgan fingerprint density at radius 2 is 1.55 bits per heavy atom. The largest absolute Gasteiger partial charge is 0.501 e. The van der Waals surface area contributed by atoms with Gasteiger partial charge in [-0.3, -0.25) is 9.32 Å². The monoisotopic (exact) mass is 1020 g/mol. The molecule has 6 rings (SSSR count). The van der Waals surface area contributed by atoms with Crippen molar-refractivity contribution in [1.29, 1.82) is 0 Å². The topological polar surface area (TPSA) is 203 Å². The van der Waals surface area contributed by atoms with Crippen LogP contribution >= 0.6 is 31.2 Å². The van der Waals surface area contributed by atoms with E-state index in [1.165, 1.54) is 23.9 Å². The number of thioether (sulfide) groups is 1. The van der Waals surface area contributed by atoms with E-state index in [1.54, 1.807) is 66.5 Å². The van der Waals surface area contributed by atoms with Gasteiger partial charge < -0.3 is 30.0 Å². The lowest BCUT2D eigenvalue weighted by atomic mass is 9.84. The fourth-order valence-corrected chi connectivity index (χ4v) is 11.0. The number of phosphoric ester groups is 1. The molecule has 0 aromatic heterocycles. The number of anilines is 2. The molecule has 1 aliphatic heterocycles. The summed E-state index contributed by atoms with van der Waals surface area (Å²) in [4.78, 5) is 33.5. The maximum Gasteiger partial charge on any atom is 0.501 e. The van der Waals surface area contributed by atoms with Crippen molar-refractivity contribution >= 4 is 68.3 Å². The number of carbonyl (C=O) groups excluding carboxylic acids is 1. The molecule has 0 radical (unpaired) electrons. The summed E-state index contributed by atoms with van der Waals surface area (Å²) in [5.74, 6) is -0.941. The molecule has 5 aromatic carbocycles. The number of likely N-dealkylation sites (N-methyl/N-ethyl adjacent to an activating group) is 1. The number of amides is 1. The number of aliphatic hydroxyl groups excluding tert-OH is 1. The first-order chi connectivity index (χ1) is 31.6. The van der Waals surface area contributed by atoms with Gasteiger partial charge in [-0.05, 0) is 122 Å². The minimum Gasteiger partial charge on any atom is -0.388 e. The molecule has 1 heterocycles. The van der Waals surface area contributed by atoms with Crippen molar-refractivity contribution in [2.75, 3.05) is 55.8 Å². The number of hydrogen-bond donors (Lipinski definition) is 5. The summed E-state index contributed by atoms with van der Waals surface area (Å²) in [6.45, 7) is 1.15. The molecule has 0 saturated carbocycles. The maximum absolute atomic E-state index is 14.2. The minimum atomic E-state index is -6.16. The fourth-order valence-electron chi connectivity index (χ4n) is 7.51. The Morgan fingerprint density at radius 1 is 0.910 bits per heavy atom. The van der Waals surface area contributed by atoms with Crippen molar-refractivity contribution in [2.24, 2.45) is 5.92 Å². The van der Waals surface area contributed by atoms with Gasteiger partial charge >= 0.3 is 13.3 Å². The number of sulfone groups is 1. The molecule has 22 heteroatoms. The Balaban J connectivity index is 1.13. The van der Waals surface area contributed by atoms with Gasteiger partial charge in [0.25, 0.3) is 25.8 Å². The number of aliphatic hydroxyl groups is 1. The molecular weight excluding hydrogens is 976 g/mol.